The average Bonchev–Trinajstić information content (AvgIpc) is 2.46. The predicted octanol–water partition coefficient (Wildman–Crippen LogP) is 2.10. The smallest absolute Gasteiger partial charge is 0.0361 e. The zero-order valence-corrected chi connectivity index (χ0v) is 12.3. The fourth-order valence-corrected chi connectivity index (χ4v) is 3.09. The standard InChI is InChI=1S/C16H27N3/c1-3-15-13-19(12-11-18(15)2)16(9-10-17)14-7-5-4-6-8-14/h4-8,15-16H,3,9-13,17H2,1-2H3. The highest BCUT2D eigenvalue weighted by atomic mass is 15.3. The number of nitrogens with two attached hydrogens (primary N) is 1. The maximum atomic E-state index is 5.83. The number of benzene rings is 1. The van der Waals surface area contributed by atoms with E-state index in [1.54, 1.807) is 0 Å². The molecule has 0 aromatic heterocycles. The molecular formula is C16H27N3. The van der Waals surface area contributed by atoms with Gasteiger partial charge in [0.15, 0.2) is 0 Å². The van der Waals surface area contributed by atoms with Crippen LogP contribution in [0.2, 0.25) is 0 Å². The van der Waals surface area contributed by atoms with Gasteiger partial charge >= 0.3 is 0 Å². The van der Waals surface area contributed by atoms with Gasteiger partial charge in [-0.25, -0.2) is 0 Å². The van der Waals surface area contributed by atoms with Crippen LogP contribution in [0.15, 0.2) is 30.3 Å². The maximum Gasteiger partial charge on any atom is 0.0361 e. The van der Waals surface area contributed by atoms with Gasteiger partial charge in [-0.1, -0.05) is 37.3 Å². The number of rotatable bonds is 5. The fraction of sp³-hybridized carbons (Fsp3) is 0.625. The summed E-state index contributed by atoms with van der Waals surface area (Å²) in [4.78, 5) is 5.11. The third-order valence-corrected chi connectivity index (χ3v) is 4.34. The van der Waals surface area contributed by atoms with Crippen molar-refractivity contribution in [3.63, 3.8) is 0 Å². The van der Waals surface area contributed by atoms with Crippen molar-refractivity contribution in [2.75, 3.05) is 33.2 Å². The molecular weight excluding hydrogens is 234 g/mol. The van der Waals surface area contributed by atoms with E-state index in [9.17, 15) is 0 Å². The van der Waals surface area contributed by atoms with Crippen molar-refractivity contribution < 1.29 is 0 Å². The molecule has 1 aromatic rings. The molecule has 2 unspecified atom stereocenters. The van der Waals surface area contributed by atoms with E-state index < -0.39 is 0 Å². The van der Waals surface area contributed by atoms with E-state index in [0.717, 1.165) is 32.6 Å². The van der Waals surface area contributed by atoms with E-state index in [-0.39, 0.29) is 0 Å². The SMILES string of the molecule is CCC1CN(C(CCN)c2ccccc2)CCN1C. The van der Waals surface area contributed by atoms with Crippen LogP contribution in [0.25, 0.3) is 0 Å². The van der Waals surface area contributed by atoms with E-state index >= 15 is 0 Å². The lowest BCUT2D eigenvalue weighted by Gasteiger charge is -2.43. The molecule has 1 aliphatic heterocycles. The van der Waals surface area contributed by atoms with Gasteiger partial charge < -0.3 is 10.6 Å². The Bertz CT molecular complexity index is 366. The first-order chi connectivity index (χ1) is 9.26. The van der Waals surface area contributed by atoms with Crippen molar-refractivity contribution in [2.24, 2.45) is 5.73 Å². The summed E-state index contributed by atoms with van der Waals surface area (Å²) in [5.74, 6) is 0. The van der Waals surface area contributed by atoms with E-state index in [1.807, 2.05) is 0 Å². The highest BCUT2D eigenvalue weighted by Crippen LogP contribution is 2.26. The molecule has 1 fully saturated rings. The van der Waals surface area contributed by atoms with Crippen molar-refractivity contribution in [2.45, 2.75) is 31.8 Å². The number of nitrogens with zero attached hydrogens (tertiary/aromatic N) is 2. The fourth-order valence-electron chi connectivity index (χ4n) is 3.09. The molecule has 1 aromatic carbocycles. The Balaban J connectivity index is 2.11. The van der Waals surface area contributed by atoms with Crippen molar-refractivity contribution in [3.8, 4) is 0 Å². The second kappa shape index (κ2) is 7.04. The molecule has 0 saturated carbocycles. The van der Waals surface area contributed by atoms with Crippen LogP contribution >= 0.6 is 0 Å². The average molecular weight is 261 g/mol. The van der Waals surface area contributed by atoms with Crippen LogP contribution in [0.5, 0.6) is 0 Å². The van der Waals surface area contributed by atoms with Gasteiger partial charge in [0.2, 0.25) is 0 Å². The Labute approximate surface area is 117 Å². The zero-order chi connectivity index (χ0) is 13.7. The number of piperazine rings is 1. The second-order valence-corrected chi connectivity index (χ2v) is 5.54. The Kier molecular flexibility index (Phi) is 5.37. The lowest BCUT2D eigenvalue weighted by atomic mass is 9.99. The Morgan fingerprint density at radius 3 is 2.63 bits per heavy atom. The van der Waals surface area contributed by atoms with Crippen LogP contribution < -0.4 is 5.73 Å². The van der Waals surface area contributed by atoms with Crippen molar-refractivity contribution in [3.05, 3.63) is 35.9 Å². The van der Waals surface area contributed by atoms with Crippen LogP contribution in [-0.4, -0.2) is 49.1 Å². The summed E-state index contributed by atoms with van der Waals surface area (Å²) in [5.41, 5.74) is 7.24. The summed E-state index contributed by atoms with van der Waals surface area (Å²) in [5, 5.41) is 0. The topological polar surface area (TPSA) is 32.5 Å². The molecule has 3 nitrogen and oxygen atoms in total. The highest BCUT2D eigenvalue weighted by molar-refractivity contribution is 5.19. The molecule has 19 heavy (non-hydrogen) atoms. The molecule has 2 rings (SSSR count). The van der Waals surface area contributed by atoms with Gasteiger partial charge in [0.05, 0.1) is 0 Å². The summed E-state index contributed by atoms with van der Waals surface area (Å²) >= 11 is 0. The Hall–Kier alpha value is -0.900. The van der Waals surface area contributed by atoms with Gasteiger partial charge in [-0.3, -0.25) is 4.90 Å². The lowest BCUT2D eigenvalue weighted by molar-refractivity contribution is 0.0597. The predicted molar refractivity (Wildman–Crippen MR) is 81.1 cm³/mol. The minimum atomic E-state index is 0.481. The lowest BCUT2D eigenvalue weighted by Crippen LogP contribution is -2.52. The minimum Gasteiger partial charge on any atom is -0.330 e. The molecule has 0 radical (unpaired) electrons. The number of likely N-dealkylation sites (N-methyl/N-ethyl adjacent to an activating group) is 1. The van der Waals surface area contributed by atoms with Crippen LogP contribution in [0.1, 0.15) is 31.4 Å². The normalized spacial score (nSPS) is 23.4. The second-order valence-electron chi connectivity index (χ2n) is 5.54. The molecule has 0 bridgehead atoms. The molecule has 2 atom stereocenters. The van der Waals surface area contributed by atoms with E-state index in [1.165, 1.54) is 12.0 Å². The summed E-state index contributed by atoms with van der Waals surface area (Å²) in [6.45, 7) is 6.50. The van der Waals surface area contributed by atoms with Crippen molar-refractivity contribution in [1.82, 2.24) is 9.80 Å². The molecule has 2 N–H and O–H groups in total. The van der Waals surface area contributed by atoms with Crippen LogP contribution in [0.4, 0.5) is 0 Å². The van der Waals surface area contributed by atoms with E-state index in [2.05, 4.69) is 54.1 Å². The molecule has 1 heterocycles. The van der Waals surface area contributed by atoms with Crippen molar-refractivity contribution in [1.29, 1.82) is 0 Å². The molecule has 1 saturated heterocycles. The molecule has 0 spiro atoms. The summed E-state index contributed by atoms with van der Waals surface area (Å²) in [7, 11) is 2.24. The summed E-state index contributed by atoms with van der Waals surface area (Å²) < 4.78 is 0. The first kappa shape index (κ1) is 14.5. The van der Waals surface area contributed by atoms with Crippen LogP contribution in [0, 0.1) is 0 Å². The maximum absolute atomic E-state index is 5.83. The van der Waals surface area contributed by atoms with Crippen molar-refractivity contribution >= 4 is 0 Å². The van der Waals surface area contributed by atoms with Gasteiger partial charge in [-0.05, 0) is 32.0 Å². The van der Waals surface area contributed by atoms with Gasteiger partial charge in [-0.15, -0.1) is 0 Å². The van der Waals surface area contributed by atoms with Crippen LogP contribution in [0.3, 0.4) is 0 Å². The first-order valence-corrected chi connectivity index (χ1v) is 7.45. The first-order valence-electron chi connectivity index (χ1n) is 7.45. The number of hydrogen-bond acceptors (Lipinski definition) is 3. The Morgan fingerprint density at radius 1 is 1.26 bits per heavy atom. The number of hydrogen-bond donors (Lipinski definition) is 1. The molecule has 106 valence electrons. The van der Waals surface area contributed by atoms with Gasteiger partial charge in [0.1, 0.15) is 0 Å². The third-order valence-electron chi connectivity index (χ3n) is 4.34. The summed E-state index contributed by atoms with van der Waals surface area (Å²) in [6.07, 6.45) is 2.27. The van der Waals surface area contributed by atoms with E-state index in [4.69, 9.17) is 5.73 Å². The van der Waals surface area contributed by atoms with Crippen LogP contribution in [-0.2, 0) is 0 Å². The summed E-state index contributed by atoms with van der Waals surface area (Å²) in [6, 6.07) is 12.0. The van der Waals surface area contributed by atoms with Gasteiger partial charge in [0.25, 0.3) is 0 Å². The molecule has 0 amide bonds. The third kappa shape index (κ3) is 3.56. The highest BCUT2D eigenvalue weighted by Gasteiger charge is 2.28. The molecule has 3 heteroatoms. The van der Waals surface area contributed by atoms with Gasteiger partial charge in [-0.2, -0.15) is 0 Å². The quantitative estimate of drug-likeness (QED) is 0.881. The van der Waals surface area contributed by atoms with E-state index in [0.29, 0.717) is 12.1 Å². The molecule has 1 aliphatic rings. The zero-order valence-electron chi connectivity index (χ0n) is 12.3. The minimum absolute atomic E-state index is 0.481. The Morgan fingerprint density at radius 2 is 2.00 bits per heavy atom. The van der Waals surface area contributed by atoms with Gasteiger partial charge in [0, 0.05) is 31.7 Å². The largest absolute Gasteiger partial charge is 0.330 e. The monoisotopic (exact) mass is 261 g/mol. The molecule has 0 aliphatic carbocycles.